The lowest BCUT2D eigenvalue weighted by Crippen LogP contribution is -2.35. The van der Waals surface area contributed by atoms with Gasteiger partial charge in [0.15, 0.2) is 5.60 Å². The zero-order valence-electron chi connectivity index (χ0n) is 20.2. The van der Waals surface area contributed by atoms with Crippen LogP contribution in [0.4, 0.5) is 0 Å². The summed E-state index contributed by atoms with van der Waals surface area (Å²) in [6.45, 7) is 5.38. The predicted molar refractivity (Wildman–Crippen MR) is 131 cm³/mol. The van der Waals surface area contributed by atoms with E-state index in [0.717, 1.165) is 19.3 Å². The van der Waals surface area contributed by atoms with Crippen molar-refractivity contribution in [2.45, 2.75) is 109 Å². The Hall–Kier alpha value is -1.20. The smallest absolute Gasteiger partial charge is 0.350 e. The number of unbranched alkanes of at least 4 members (excludes halogenated alkanes) is 11. The van der Waals surface area contributed by atoms with Crippen molar-refractivity contribution in [3.8, 4) is 0 Å². The average molecular weight is 470 g/mol. The van der Waals surface area contributed by atoms with Gasteiger partial charge in [0.25, 0.3) is 0 Å². The van der Waals surface area contributed by atoms with Gasteiger partial charge in [-0.25, -0.2) is 4.79 Å². The second-order valence-corrected chi connectivity index (χ2v) is 11.0. The van der Waals surface area contributed by atoms with E-state index in [9.17, 15) is 19.4 Å². The molecule has 0 saturated carbocycles. The van der Waals surface area contributed by atoms with Gasteiger partial charge in [0, 0.05) is 0 Å². The molecule has 1 aromatic carbocycles. The number of aliphatic carboxylic acids is 1. The first-order valence-corrected chi connectivity index (χ1v) is 13.9. The standard InChI is InChI=1S/C25H44NO5P/c1-4-5-6-7-8-9-10-11-12-13-14-18-21-26-23(22-19-16-15-17-20-22)32(29,30)31-25(2,3)24(27)28/h15-17,19-20,23,26H,4-14,18,21H2,1-3H3,(H,27,28)(H,29,30). The number of carbonyl (C=O) groups is 1. The molecule has 0 aliphatic heterocycles. The van der Waals surface area contributed by atoms with Crippen LogP contribution in [0.15, 0.2) is 30.3 Å². The van der Waals surface area contributed by atoms with Crippen LogP contribution in [-0.2, 0) is 13.9 Å². The molecule has 2 atom stereocenters. The zero-order chi connectivity index (χ0) is 23.9. The minimum absolute atomic E-state index is 0.568. The molecule has 6 nitrogen and oxygen atoms in total. The quantitative estimate of drug-likeness (QED) is 0.148. The van der Waals surface area contributed by atoms with Crippen LogP contribution in [0.2, 0.25) is 0 Å². The summed E-state index contributed by atoms with van der Waals surface area (Å²) in [5.74, 6) is -2.24. The lowest BCUT2D eigenvalue weighted by molar-refractivity contribution is -0.152. The SMILES string of the molecule is CCCCCCCCCCCCCCNC(c1ccccc1)P(=O)(O)OC(C)(C)C(=O)O. The molecular weight excluding hydrogens is 425 g/mol. The van der Waals surface area contributed by atoms with Gasteiger partial charge in [-0.2, -0.15) is 0 Å². The number of hydrogen-bond donors (Lipinski definition) is 3. The molecule has 32 heavy (non-hydrogen) atoms. The molecule has 0 saturated heterocycles. The highest BCUT2D eigenvalue weighted by molar-refractivity contribution is 7.53. The maximum Gasteiger partial charge on any atom is 0.350 e. The Morgan fingerprint density at radius 2 is 1.41 bits per heavy atom. The van der Waals surface area contributed by atoms with Crippen LogP contribution in [0.25, 0.3) is 0 Å². The van der Waals surface area contributed by atoms with Crippen LogP contribution in [0, 0.1) is 0 Å². The molecule has 0 aliphatic carbocycles. The molecular formula is C25H44NO5P. The molecule has 0 radical (unpaired) electrons. The Morgan fingerprint density at radius 3 is 1.88 bits per heavy atom. The van der Waals surface area contributed by atoms with Gasteiger partial charge in [0.2, 0.25) is 0 Å². The lowest BCUT2D eigenvalue weighted by Gasteiger charge is -2.29. The molecule has 2 unspecified atom stereocenters. The first-order chi connectivity index (χ1) is 15.2. The number of nitrogens with one attached hydrogen (secondary N) is 1. The number of rotatable bonds is 19. The molecule has 0 heterocycles. The molecule has 0 aliphatic rings. The van der Waals surface area contributed by atoms with Crippen molar-refractivity contribution in [2.75, 3.05) is 6.54 Å². The van der Waals surface area contributed by atoms with Gasteiger partial charge < -0.3 is 10.00 Å². The fourth-order valence-corrected chi connectivity index (χ4v) is 5.43. The third kappa shape index (κ3) is 11.6. The van der Waals surface area contributed by atoms with E-state index >= 15 is 0 Å². The Labute approximate surface area is 194 Å². The van der Waals surface area contributed by atoms with E-state index in [4.69, 9.17) is 4.52 Å². The summed E-state index contributed by atoms with van der Waals surface area (Å²) in [5, 5.41) is 12.4. The fraction of sp³-hybridized carbons (Fsp3) is 0.720. The molecule has 0 amide bonds. The Morgan fingerprint density at radius 1 is 0.938 bits per heavy atom. The maximum absolute atomic E-state index is 13.0. The number of carboxylic acids is 1. The van der Waals surface area contributed by atoms with Gasteiger partial charge in [-0.15, -0.1) is 0 Å². The summed E-state index contributed by atoms with van der Waals surface area (Å²) >= 11 is 0. The van der Waals surface area contributed by atoms with Crippen LogP contribution in [0.3, 0.4) is 0 Å². The molecule has 0 bridgehead atoms. The second kappa shape index (κ2) is 15.6. The van der Waals surface area contributed by atoms with Crippen molar-refractivity contribution in [1.82, 2.24) is 5.32 Å². The molecule has 0 spiro atoms. The predicted octanol–water partition coefficient (Wildman–Crippen LogP) is 7.04. The van der Waals surface area contributed by atoms with E-state index in [0.29, 0.717) is 12.1 Å². The maximum atomic E-state index is 13.0. The van der Waals surface area contributed by atoms with E-state index < -0.39 is 24.9 Å². The van der Waals surface area contributed by atoms with Gasteiger partial charge in [0.05, 0.1) is 0 Å². The normalized spacial score (nSPS) is 14.8. The van der Waals surface area contributed by atoms with Gasteiger partial charge in [-0.3, -0.25) is 14.4 Å². The number of carboxylic acid groups (broad SMARTS) is 1. The third-order valence-corrected chi connectivity index (χ3v) is 7.53. The summed E-state index contributed by atoms with van der Waals surface area (Å²) in [6.07, 6.45) is 15.0. The highest BCUT2D eigenvalue weighted by Gasteiger charge is 2.42. The fourth-order valence-electron chi connectivity index (χ4n) is 3.68. The topological polar surface area (TPSA) is 95.9 Å². The monoisotopic (exact) mass is 469 g/mol. The number of hydrogen-bond acceptors (Lipinski definition) is 4. The van der Waals surface area contributed by atoms with E-state index in [1.165, 1.54) is 71.6 Å². The van der Waals surface area contributed by atoms with Crippen LogP contribution in [-0.4, -0.2) is 28.1 Å². The van der Waals surface area contributed by atoms with E-state index in [2.05, 4.69) is 12.2 Å². The third-order valence-electron chi connectivity index (χ3n) is 5.68. The minimum Gasteiger partial charge on any atom is -0.479 e. The van der Waals surface area contributed by atoms with E-state index in [1.54, 1.807) is 24.3 Å². The van der Waals surface area contributed by atoms with Gasteiger partial charge >= 0.3 is 13.6 Å². The van der Waals surface area contributed by atoms with E-state index in [-0.39, 0.29) is 0 Å². The molecule has 7 heteroatoms. The highest BCUT2D eigenvalue weighted by Crippen LogP contribution is 2.57. The summed E-state index contributed by atoms with van der Waals surface area (Å²) in [5.41, 5.74) is -1.15. The molecule has 184 valence electrons. The van der Waals surface area contributed by atoms with Gasteiger partial charge in [-0.1, -0.05) is 108 Å². The summed E-state index contributed by atoms with van der Waals surface area (Å²) in [6, 6.07) is 8.91. The molecule has 0 fully saturated rings. The molecule has 1 rings (SSSR count). The molecule has 1 aromatic rings. The molecule has 0 aromatic heterocycles. The van der Waals surface area contributed by atoms with Crippen molar-refractivity contribution < 1.29 is 23.9 Å². The molecule has 3 N–H and O–H groups in total. The first-order valence-electron chi connectivity index (χ1n) is 12.3. The Balaban J connectivity index is 2.38. The van der Waals surface area contributed by atoms with Crippen molar-refractivity contribution in [3.05, 3.63) is 35.9 Å². The summed E-state index contributed by atoms with van der Waals surface area (Å²) < 4.78 is 18.2. The van der Waals surface area contributed by atoms with Crippen molar-refractivity contribution in [1.29, 1.82) is 0 Å². The minimum atomic E-state index is -4.28. The number of benzene rings is 1. The Bertz CT molecular complexity index is 680. The van der Waals surface area contributed by atoms with Crippen molar-refractivity contribution in [3.63, 3.8) is 0 Å². The van der Waals surface area contributed by atoms with Gasteiger partial charge in [-0.05, 0) is 32.4 Å². The van der Waals surface area contributed by atoms with Crippen LogP contribution >= 0.6 is 7.60 Å². The lowest BCUT2D eigenvalue weighted by atomic mass is 10.1. The highest BCUT2D eigenvalue weighted by atomic mass is 31.2. The van der Waals surface area contributed by atoms with Crippen LogP contribution < -0.4 is 5.32 Å². The average Bonchev–Trinajstić information content (AvgIpc) is 2.73. The largest absolute Gasteiger partial charge is 0.479 e. The van der Waals surface area contributed by atoms with Crippen molar-refractivity contribution >= 4 is 13.6 Å². The van der Waals surface area contributed by atoms with Crippen molar-refractivity contribution in [2.24, 2.45) is 0 Å². The van der Waals surface area contributed by atoms with Crippen LogP contribution in [0.1, 0.15) is 109 Å². The summed E-state index contributed by atoms with van der Waals surface area (Å²) in [7, 11) is -4.28. The summed E-state index contributed by atoms with van der Waals surface area (Å²) in [4.78, 5) is 22.0. The zero-order valence-corrected chi connectivity index (χ0v) is 21.1. The second-order valence-electron chi connectivity index (χ2n) is 9.13. The van der Waals surface area contributed by atoms with Crippen LogP contribution in [0.5, 0.6) is 0 Å². The van der Waals surface area contributed by atoms with Gasteiger partial charge in [0.1, 0.15) is 5.78 Å². The van der Waals surface area contributed by atoms with E-state index in [1.807, 2.05) is 6.07 Å². The Kier molecular flexibility index (Phi) is 14.1. The first kappa shape index (κ1) is 28.8.